The summed E-state index contributed by atoms with van der Waals surface area (Å²) in [5, 5.41) is 24.4. The fraction of sp³-hybridized carbons (Fsp3) is 0.516. The molecule has 5 aliphatic rings. The maximum absolute atomic E-state index is 11.2. The molecule has 3 aliphatic carbocycles. The van der Waals surface area contributed by atoms with E-state index in [0.29, 0.717) is 24.1 Å². The maximum atomic E-state index is 11.2. The highest BCUT2D eigenvalue weighted by Crippen LogP contribution is 2.69. The molecule has 0 radical (unpaired) electrons. The van der Waals surface area contributed by atoms with Crippen LogP contribution < -0.4 is 5.73 Å². The number of allylic oxidation sites excluding steroid dienone is 3. The van der Waals surface area contributed by atoms with Crippen molar-refractivity contribution < 1.29 is 14.9 Å². The summed E-state index contributed by atoms with van der Waals surface area (Å²) in [6.07, 6.45) is 10.7. The van der Waals surface area contributed by atoms with E-state index in [4.69, 9.17) is 10.5 Å². The van der Waals surface area contributed by atoms with Gasteiger partial charge >= 0.3 is 0 Å². The van der Waals surface area contributed by atoms with Crippen molar-refractivity contribution in [2.45, 2.75) is 69.0 Å². The highest BCUT2D eigenvalue weighted by Gasteiger charge is 2.68. The molecule has 0 amide bonds. The molecule has 2 aromatic rings. The molecule has 3 heterocycles. The van der Waals surface area contributed by atoms with Crippen molar-refractivity contribution in [2.24, 2.45) is 17.3 Å². The number of ether oxygens (including phenoxy) is 1. The molecule has 1 saturated carbocycles. The zero-order chi connectivity index (χ0) is 25.9. The molecule has 2 spiro atoms. The normalized spacial score (nSPS) is 42.1. The van der Waals surface area contributed by atoms with Crippen molar-refractivity contribution in [3.05, 3.63) is 65.4 Å². The SMILES string of the molecule is CC1C=C2C=C3C(O)C(O)C(N(C)C)CC34CCC2(O4)C2CC=C(c3ccc4cc(N)ncc4c3)C12C. The monoisotopic (exact) mass is 499 g/mol. The van der Waals surface area contributed by atoms with Gasteiger partial charge in [-0.1, -0.05) is 44.2 Å². The fourth-order valence-electron chi connectivity index (χ4n) is 8.58. The first-order valence-electron chi connectivity index (χ1n) is 13.6. The number of aromatic nitrogens is 1. The minimum Gasteiger partial charge on any atom is -0.388 e. The number of nitrogens with zero attached hydrogens (tertiary/aromatic N) is 2. The fourth-order valence-corrected chi connectivity index (χ4v) is 8.58. The molecular weight excluding hydrogens is 462 g/mol. The van der Waals surface area contributed by atoms with Crippen LogP contribution in [0.2, 0.25) is 0 Å². The smallest absolute Gasteiger partial charge is 0.123 e. The van der Waals surface area contributed by atoms with Gasteiger partial charge in [0.2, 0.25) is 0 Å². The van der Waals surface area contributed by atoms with Crippen molar-refractivity contribution in [1.29, 1.82) is 0 Å². The zero-order valence-corrected chi connectivity index (χ0v) is 22.1. The number of pyridine rings is 1. The van der Waals surface area contributed by atoms with Crippen molar-refractivity contribution in [3.63, 3.8) is 0 Å². The standard InChI is InChI=1S/C31H37N3O3/c1-17-11-21-14-23-27(35)28(36)24(34(3)4)15-30(23)9-10-31(21,37-30)25-8-7-22(29(17,25)2)19-6-5-18-13-26(32)33-16-20(18)12-19/h5-7,11-14,16-17,24-25,27-28,35-36H,8-10,15H2,1-4H3,(H2,32,33). The van der Waals surface area contributed by atoms with Gasteiger partial charge in [-0.25, -0.2) is 4.98 Å². The lowest BCUT2D eigenvalue weighted by Crippen LogP contribution is -2.62. The Hall–Kier alpha value is -2.51. The van der Waals surface area contributed by atoms with Crippen LogP contribution in [0.5, 0.6) is 0 Å². The maximum Gasteiger partial charge on any atom is 0.123 e. The number of aliphatic hydroxyl groups is 2. The Kier molecular flexibility index (Phi) is 4.81. The van der Waals surface area contributed by atoms with Crippen LogP contribution in [0.25, 0.3) is 16.3 Å². The molecule has 6 nitrogen and oxygen atoms in total. The van der Waals surface area contributed by atoms with E-state index in [1.54, 1.807) is 0 Å². The minimum atomic E-state index is -0.903. The van der Waals surface area contributed by atoms with Crippen molar-refractivity contribution in [3.8, 4) is 0 Å². The van der Waals surface area contributed by atoms with Gasteiger partial charge in [-0.05, 0) is 85.5 Å². The number of nitrogens with two attached hydrogens (primary N) is 1. The second-order valence-corrected chi connectivity index (χ2v) is 12.5. The molecule has 7 rings (SSSR count). The third kappa shape index (κ3) is 2.93. The lowest BCUT2D eigenvalue weighted by molar-refractivity contribution is -0.165. The Morgan fingerprint density at radius 1 is 1.14 bits per heavy atom. The molecule has 8 unspecified atom stereocenters. The highest BCUT2D eigenvalue weighted by atomic mass is 16.5. The molecule has 1 aromatic heterocycles. The third-order valence-electron chi connectivity index (χ3n) is 10.7. The average Bonchev–Trinajstić information content (AvgIpc) is 3.39. The van der Waals surface area contributed by atoms with Crippen molar-refractivity contribution in [2.75, 3.05) is 19.8 Å². The number of fused-ring (bicyclic) bond motifs is 2. The number of nitrogen functional groups attached to an aromatic ring is 1. The van der Waals surface area contributed by atoms with Gasteiger partial charge in [-0.2, -0.15) is 0 Å². The summed E-state index contributed by atoms with van der Waals surface area (Å²) in [6.45, 7) is 4.74. The van der Waals surface area contributed by atoms with Gasteiger partial charge in [-0.15, -0.1) is 0 Å². The van der Waals surface area contributed by atoms with E-state index in [-0.39, 0.29) is 17.1 Å². The summed E-state index contributed by atoms with van der Waals surface area (Å²) in [6, 6.07) is 8.42. The summed E-state index contributed by atoms with van der Waals surface area (Å²) in [7, 11) is 3.95. The molecule has 194 valence electrons. The van der Waals surface area contributed by atoms with Gasteiger partial charge in [0, 0.05) is 29.0 Å². The van der Waals surface area contributed by atoms with Crippen LogP contribution in [0.4, 0.5) is 5.82 Å². The first kappa shape index (κ1) is 23.6. The predicted octanol–water partition coefficient (Wildman–Crippen LogP) is 4.09. The van der Waals surface area contributed by atoms with E-state index in [2.05, 4.69) is 55.3 Å². The molecule has 8 atom stereocenters. The minimum absolute atomic E-state index is 0.0803. The molecule has 2 bridgehead atoms. The Labute approximate surface area is 218 Å². The van der Waals surface area contributed by atoms with Gasteiger partial charge in [0.05, 0.1) is 17.3 Å². The van der Waals surface area contributed by atoms with Crippen molar-refractivity contribution >= 4 is 22.2 Å². The molecular formula is C31H37N3O3. The Bertz CT molecular complexity index is 1410. The average molecular weight is 500 g/mol. The number of aliphatic hydroxyl groups excluding tert-OH is 2. The van der Waals surface area contributed by atoms with Gasteiger partial charge < -0.3 is 25.6 Å². The van der Waals surface area contributed by atoms with E-state index >= 15 is 0 Å². The molecule has 4 N–H and O–H groups in total. The first-order chi connectivity index (χ1) is 17.6. The van der Waals surface area contributed by atoms with Crippen LogP contribution >= 0.6 is 0 Å². The van der Waals surface area contributed by atoms with Crippen LogP contribution in [0.3, 0.4) is 0 Å². The summed E-state index contributed by atoms with van der Waals surface area (Å²) in [4.78, 5) is 6.35. The van der Waals surface area contributed by atoms with Crippen LogP contribution in [-0.4, -0.2) is 63.6 Å². The van der Waals surface area contributed by atoms with E-state index in [1.807, 2.05) is 31.3 Å². The second-order valence-electron chi connectivity index (χ2n) is 12.5. The van der Waals surface area contributed by atoms with Crippen LogP contribution in [0, 0.1) is 17.3 Å². The summed E-state index contributed by atoms with van der Waals surface area (Å²) in [5.41, 5.74) is 9.67. The first-order valence-corrected chi connectivity index (χ1v) is 13.6. The molecule has 1 aromatic carbocycles. The van der Waals surface area contributed by atoms with Gasteiger partial charge in [0.15, 0.2) is 0 Å². The lowest BCUT2D eigenvalue weighted by atomic mass is 9.54. The summed E-state index contributed by atoms with van der Waals surface area (Å²) in [5.74, 6) is 1.14. The number of likely N-dealkylation sites (N-methyl/N-ethyl adjacent to an activating group) is 1. The van der Waals surface area contributed by atoms with Gasteiger partial charge in [0.25, 0.3) is 0 Å². The second kappa shape index (κ2) is 7.54. The molecule has 2 fully saturated rings. The summed E-state index contributed by atoms with van der Waals surface area (Å²) >= 11 is 0. The summed E-state index contributed by atoms with van der Waals surface area (Å²) < 4.78 is 7.28. The Balaban J connectivity index is 1.32. The molecule has 37 heavy (non-hydrogen) atoms. The number of anilines is 1. The van der Waals surface area contributed by atoms with E-state index < -0.39 is 17.8 Å². The number of rotatable bonds is 2. The lowest BCUT2D eigenvalue weighted by Gasteiger charge is -2.57. The quantitative estimate of drug-likeness (QED) is 0.577. The van der Waals surface area contributed by atoms with Crippen molar-refractivity contribution in [1.82, 2.24) is 9.88 Å². The van der Waals surface area contributed by atoms with E-state index in [1.165, 1.54) is 16.7 Å². The van der Waals surface area contributed by atoms with Crippen LogP contribution in [0.1, 0.15) is 45.1 Å². The number of hydrogen-bond acceptors (Lipinski definition) is 6. The number of hydrogen-bond donors (Lipinski definition) is 3. The Morgan fingerprint density at radius 3 is 2.73 bits per heavy atom. The molecule has 6 heteroatoms. The Morgan fingerprint density at radius 2 is 1.95 bits per heavy atom. The number of benzene rings is 1. The zero-order valence-electron chi connectivity index (χ0n) is 22.1. The van der Waals surface area contributed by atoms with Crippen LogP contribution in [0.15, 0.2) is 59.8 Å². The molecule has 2 aliphatic heterocycles. The topological polar surface area (TPSA) is 91.8 Å². The van der Waals surface area contributed by atoms with Gasteiger partial charge in [0.1, 0.15) is 11.9 Å². The largest absolute Gasteiger partial charge is 0.388 e. The van der Waals surface area contributed by atoms with Gasteiger partial charge in [-0.3, -0.25) is 0 Å². The predicted molar refractivity (Wildman–Crippen MR) is 146 cm³/mol. The third-order valence-corrected chi connectivity index (χ3v) is 10.7. The molecule has 1 saturated heterocycles. The van der Waals surface area contributed by atoms with E-state index in [0.717, 1.165) is 35.6 Å². The van der Waals surface area contributed by atoms with Crippen LogP contribution in [-0.2, 0) is 4.74 Å². The van der Waals surface area contributed by atoms with E-state index in [9.17, 15) is 10.2 Å². The highest BCUT2D eigenvalue weighted by molar-refractivity contribution is 5.88.